The van der Waals surface area contributed by atoms with Crippen LogP contribution >= 0.6 is 0 Å². The van der Waals surface area contributed by atoms with Crippen molar-refractivity contribution in [2.24, 2.45) is 0 Å². The van der Waals surface area contributed by atoms with E-state index >= 15 is 0 Å². The summed E-state index contributed by atoms with van der Waals surface area (Å²) in [6.07, 6.45) is 1.76. The average Bonchev–Trinajstić information content (AvgIpc) is 2.77. The molecule has 0 saturated carbocycles. The molecule has 3 nitrogen and oxygen atoms in total. The third kappa shape index (κ3) is 2.46. The second kappa shape index (κ2) is 4.58. The Morgan fingerprint density at radius 2 is 2.00 bits per heavy atom. The Balaban J connectivity index is 2.46. The van der Waals surface area contributed by atoms with Crippen molar-refractivity contribution in [1.82, 2.24) is 4.98 Å². The summed E-state index contributed by atoms with van der Waals surface area (Å²) in [5.41, 5.74) is 2.76. The number of aliphatic hydroxyl groups excluding tert-OH is 1. The van der Waals surface area contributed by atoms with E-state index in [9.17, 15) is 5.11 Å². The van der Waals surface area contributed by atoms with E-state index in [0.29, 0.717) is 5.89 Å². The topological polar surface area (TPSA) is 46.3 Å². The van der Waals surface area contributed by atoms with Crippen molar-refractivity contribution in [3.63, 3.8) is 0 Å². The summed E-state index contributed by atoms with van der Waals surface area (Å²) in [6.45, 7) is 8.24. The zero-order valence-corrected chi connectivity index (χ0v) is 11.3. The molecule has 1 N–H and O–H groups in total. The van der Waals surface area contributed by atoms with Gasteiger partial charge in [0.1, 0.15) is 5.76 Å². The Hall–Kier alpha value is -1.61. The van der Waals surface area contributed by atoms with Crippen LogP contribution < -0.4 is 0 Å². The first-order valence-corrected chi connectivity index (χ1v) is 6.09. The second-order valence-electron chi connectivity index (χ2n) is 5.60. The van der Waals surface area contributed by atoms with Crippen molar-refractivity contribution in [3.8, 4) is 11.5 Å². The van der Waals surface area contributed by atoms with Crippen LogP contribution in [0.5, 0.6) is 0 Å². The zero-order chi connectivity index (χ0) is 13.3. The molecule has 0 unspecified atom stereocenters. The van der Waals surface area contributed by atoms with Gasteiger partial charge in [-0.3, -0.25) is 0 Å². The van der Waals surface area contributed by atoms with Gasteiger partial charge in [-0.2, -0.15) is 0 Å². The van der Waals surface area contributed by atoms with Gasteiger partial charge in [-0.05, 0) is 18.6 Å². The first-order chi connectivity index (χ1) is 8.41. The molecule has 0 atom stereocenters. The number of aryl methyl sites for hydroxylation is 1. The van der Waals surface area contributed by atoms with Gasteiger partial charge < -0.3 is 9.52 Å². The molecule has 1 aromatic heterocycles. The molecule has 0 aliphatic rings. The number of oxazole rings is 1. The fraction of sp³-hybridized carbons (Fsp3) is 0.400. The van der Waals surface area contributed by atoms with E-state index in [-0.39, 0.29) is 12.0 Å². The van der Waals surface area contributed by atoms with E-state index in [2.05, 4.69) is 25.8 Å². The summed E-state index contributed by atoms with van der Waals surface area (Å²) in [4.78, 5) is 4.31. The molecule has 3 heteroatoms. The molecule has 2 rings (SSSR count). The lowest BCUT2D eigenvalue weighted by Gasteiger charge is -2.13. The van der Waals surface area contributed by atoms with Crippen LogP contribution in [0.4, 0.5) is 0 Å². The summed E-state index contributed by atoms with van der Waals surface area (Å²) in [5.74, 6) is 1.42. The van der Waals surface area contributed by atoms with Gasteiger partial charge in [0.2, 0.25) is 5.89 Å². The molecule has 0 fully saturated rings. The first kappa shape index (κ1) is 12.8. The molecule has 96 valence electrons. The second-order valence-corrected chi connectivity index (χ2v) is 5.60. The van der Waals surface area contributed by atoms with E-state index < -0.39 is 0 Å². The van der Waals surface area contributed by atoms with Crippen molar-refractivity contribution in [1.29, 1.82) is 0 Å². The molecule has 0 spiro atoms. The van der Waals surface area contributed by atoms with Gasteiger partial charge in [0.05, 0.1) is 12.8 Å². The van der Waals surface area contributed by atoms with Gasteiger partial charge in [0.15, 0.2) is 0 Å². The number of aromatic nitrogens is 1. The number of hydrogen-bond acceptors (Lipinski definition) is 3. The van der Waals surface area contributed by atoms with E-state index in [1.165, 1.54) is 0 Å². The van der Waals surface area contributed by atoms with Crippen molar-refractivity contribution >= 4 is 0 Å². The van der Waals surface area contributed by atoms with Crippen LogP contribution in [0.1, 0.15) is 37.7 Å². The normalized spacial score (nSPS) is 11.8. The molecule has 0 bridgehead atoms. The number of aliphatic hydroxyl groups is 1. The number of rotatable bonds is 2. The highest BCUT2D eigenvalue weighted by molar-refractivity contribution is 5.59. The predicted octanol–water partition coefficient (Wildman–Crippen LogP) is 3.44. The van der Waals surface area contributed by atoms with Gasteiger partial charge in [-0.1, -0.05) is 38.5 Å². The molecule has 2 aromatic rings. The summed E-state index contributed by atoms with van der Waals surface area (Å²) >= 11 is 0. The maximum absolute atomic E-state index is 9.40. The van der Waals surface area contributed by atoms with E-state index in [1.807, 2.05) is 25.1 Å². The molecule has 0 aliphatic heterocycles. The molecule has 0 amide bonds. The molecule has 0 radical (unpaired) electrons. The van der Waals surface area contributed by atoms with Crippen LogP contribution in [0, 0.1) is 6.92 Å². The van der Waals surface area contributed by atoms with Crippen LogP contribution in [0.2, 0.25) is 0 Å². The van der Waals surface area contributed by atoms with Crippen molar-refractivity contribution < 1.29 is 9.52 Å². The Morgan fingerprint density at radius 3 is 2.56 bits per heavy atom. The third-order valence-electron chi connectivity index (χ3n) is 2.91. The minimum atomic E-state index is -0.0602. The van der Waals surface area contributed by atoms with E-state index in [4.69, 9.17) is 4.42 Å². The Labute approximate surface area is 107 Å². The third-order valence-corrected chi connectivity index (χ3v) is 2.91. The molecular weight excluding hydrogens is 226 g/mol. The standard InChI is InChI=1S/C15H19NO2/c1-10-5-6-12(11(7-10)9-17)14-16-8-13(18-14)15(2,3)4/h5-8,17H,9H2,1-4H3. The smallest absolute Gasteiger partial charge is 0.226 e. The number of hydrogen-bond donors (Lipinski definition) is 1. The van der Waals surface area contributed by atoms with Gasteiger partial charge in [0, 0.05) is 11.0 Å². The minimum Gasteiger partial charge on any atom is -0.441 e. The van der Waals surface area contributed by atoms with Crippen molar-refractivity contribution in [3.05, 3.63) is 41.3 Å². The highest BCUT2D eigenvalue weighted by Gasteiger charge is 2.20. The van der Waals surface area contributed by atoms with Crippen LogP contribution in [0.15, 0.2) is 28.8 Å². The lowest BCUT2D eigenvalue weighted by Crippen LogP contribution is -2.09. The van der Waals surface area contributed by atoms with Crippen molar-refractivity contribution in [2.45, 2.75) is 39.7 Å². The SMILES string of the molecule is Cc1ccc(-c2ncc(C(C)(C)C)o2)c(CO)c1. The Bertz CT molecular complexity index is 550. The number of nitrogens with zero attached hydrogens (tertiary/aromatic N) is 1. The van der Waals surface area contributed by atoms with Crippen LogP contribution in [-0.2, 0) is 12.0 Å². The maximum Gasteiger partial charge on any atom is 0.226 e. The predicted molar refractivity (Wildman–Crippen MR) is 71.3 cm³/mol. The summed E-state index contributed by atoms with van der Waals surface area (Å²) in [5, 5.41) is 9.40. The van der Waals surface area contributed by atoms with E-state index in [0.717, 1.165) is 22.5 Å². The lowest BCUT2D eigenvalue weighted by molar-refractivity contribution is 0.282. The Kier molecular flexibility index (Phi) is 3.26. The van der Waals surface area contributed by atoms with Crippen LogP contribution in [0.3, 0.4) is 0 Å². The summed E-state index contributed by atoms with van der Waals surface area (Å²) < 4.78 is 5.79. The first-order valence-electron chi connectivity index (χ1n) is 6.09. The van der Waals surface area contributed by atoms with Crippen LogP contribution in [-0.4, -0.2) is 10.1 Å². The average molecular weight is 245 g/mol. The molecule has 1 aromatic carbocycles. The number of benzene rings is 1. The highest BCUT2D eigenvalue weighted by Crippen LogP contribution is 2.29. The summed E-state index contributed by atoms with van der Waals surface area (Å²) in [6, 6.07) is 5.89. The Morgan fingerprint density at radius 1 is 1.28 bits per heavy atom. The van der Waals surface area contributed by atoms with Gasteiger partial charge >= 0.3 is 0 Å². The van der Waals surface area contributed by atoms with Gasteiger partial charge in [-0.25, -0.2) is 4.98 Å². The largest absolute Gasteiger partial charge is 0.441 e. The zero-order valence-electron chi connectivity index (χ0n) is 11.3. The van der Waals surface area contributed by atoms with Crippen LogP contribution in [0.25, 0.3) is 11.5 Å². The fourth-order valence-electron chi connectivity index (χ4n) is 1.81. The van der Waals surface area contributed by atoms with Gasteiger partial charge in [0.25, 0.3) is 0 Å². The lowest BCUT2D eigenvalue weighted by atomic mass is 9.94. The van der Waals surface area contributed by atoms with Gasteiger partial charge in [-0.15, -0.1) is 0 Å². The summed E-state index contributed by atoms with van der Waals surface area (Å²) in [7, 11) is 0. The molecule has 0 aliphatic carbocycles. The molecule has 1 heterocycles. The molecular formula is C15H19NO2. The van der Waals surface area contributed by atoms with Crippen molar-refractivity contribution in [2.75, 3.05) is 0 Å². The highest BCUT2D eigenvalue weighted by atomic mass is 16.4. The molecule has 0 saturated heterocycles. The monoisotopic (exact) mass is 245 g/mol. The van der Waals surface area contributed by atoms with E-state index in [1.54, 1.807) is 6.20 Å². The maximum atomic E-state index is 9.40. The quantitative estimate of drug-likeness (QED) is 0.881. The molecule has 18 heavy (non-hydrogen) atoms. The minimum absolute atomic E-state index is 0.00968. The fourth-order valence-corrected chi connectivity index (χ4v) is 1.81.